The number of rotatable bonds is 6. The molecule has 0 saturated heterocycles. The van der Waals surface area contributed by atoms with E-state index in [9.17, 15) is 9.59 Å². The number of aromatic carboxylic acids is 1. The normalized spacial score (nSPS) is 11.9. The van der Waals surface area contributed by atoms with Crippen molar-refractivity contribution in [3.8, 4) is 0 Å². The van der Waals surface area contributed by atoms with Crippen molar-refractivity contribution in [3.05, 3.63) is 28.8 Å². The maximum atomic E-state index is 11.8. The van der Waals surface area contributed by atoms with Gasteiger partial charge in [0.1, 0.15) is 0 Å². The molecule has 1 amide bonds. The van der Waals surface area contributed by atoms with E-state index in [2.05, 4.69) is 5.32 Å². The van der Waals surface area contributed by atoms with Crippen LogP contribution in [0, 0.1) is 0 Å². The summed E-state index contributed by atoms with van der Waals surface area (Å²) in [5, 5.41) is 11.6. The lowest BCUT2D eigenvalue weighted by molar-refractivity contribution is -0.117. The molecule has 1 rings (SSSR count). The average molecular weight is 303 g/mol. The van der Waals surface area contributed by atoms with Crippen molar-refractivity contribution in [1.82, 2.24) is 0 Å². The number of hydrogen-bond donors (Lipinski definition) is 3. The average Bonchev–Trinajstić information content (AvgIpc) is 2.37. The van der Waals surface area contributed by atoms with Crippen molar-refractivity contribution in [1.29, 1.82) is 0 Å². The third-order valence-electron chi connectivity index (χ3n) is 2.44. The van der Waals surface area contributed by atoms with Gasteiger partial charge in [-0.15, -0.1) is 0 Å². The Morgan fingerprint density at radius 1 is 1.53 bits per heavy atom. The first-order chi connectivity index (χ1) is 8.95. The number of anilines is 1. The monoisotopic (exact) mass is 302 g/mol. The Bertz CT molecular complexity index is 482. The molecule has 19 heavy (non-hydrogen) atoms. The van der Waals surface area contributed by atoms with Crippen LogP contribution in [0.3, 0.4) is 0 Å². The molecule has 0 aromatic heterocycles. The molecular weight excluding hydrogens is 288 g/mol. The van der Waals surface area contributed by atoms with Gasteiger partial charge in [0.25, 0.3) is 0 Å². The highest BCUT2D eigenvalue weighted by Crippen LogP contribution is 2.23. The number of carboxylic acids is 1. The van der Waals surface area contributed by atoms with E-state index in [0.29, 0.717) is 12.1 Å². The standard InChI is InChI=1S/C12H15ClN2O3S/c1-19-5-4-9(14)11(16)15-10-3-2-7(12(17)18)6-8(10)13/h2-3,6,9H,4-5,14H2,1H3,(H,15,16)(H,17,18)/t9-/m0/s1. The fourth-order valence-electron chi connectivity index (χ4n) is 1.35. The number of carbonyl (C=O) groups excluding carboxylic acids is 1. The van der Waals surface area contributed by atoms with Crippen LogP contribution in [0.15, 0.2) is 18.2 Å². The maximum absolute atomic E-state index is 11.8. The van der Waals surface area contributed by atoms with Crippen molar-refractivity contribution in [2.45, 2.75) is 12.5 Å². The quantitative estimate of drug-likeness (QED) is 0.748. The van der Waals surface area contributed by atoms with E-state index in [0.717, 1.165) is 5.75 Å². The van der Waals surface area contributed by atoms with E-state index >= 15 is 0 Å². The van der Waals surface area contributed by atoms with Crippen molar-refractivity contribution < 1.29 is 14.7 Å². The molecule has 104 valence electrons. The second-order valence-corrected chi connectivity index (χ2v) is 5.27. The van der Waals surface area contributed by atoms with E-state index in [1.165, 1.54) is 18.2 Å². The zero-order valence-electron chi connectivity index (χ0n) is 10.4. The second-order valence-electron chi connectivity index (χ2n) is 3.88. The molecule has 0 saturated carbocycles. The molecule has 0 aliphatic heterocycles. The summed E-state index contributed by atoms with van der Waals surface area (Å²) in [6, 6.07) is 3.50. The molecule has 0 aliphatic rings. The van der Waals surface area contributed by atoms with E-state index in [1.807, 2.05) is 6.26 Å². The summed E-state index contributed by atoms with van der Waals surface area (Å²) >= 11 is 7.51. The number of carbonyl (C=O) groups is 2. The fraction of sp³-hybridized carbons (Fsp3) is 0.333. The summed E-state index contributed by atoms with van der Waals surface area (Å²) in [6.45, 7) is 0. The third-order valence-corrected chi connectivity index (χ3v) is 3.40. The molecule has 5 nitrogen and oxygen atoms in total. The zero-order valence-corrected chi connectivity index (χ0v) is 11.9. The van der Waals surface area contributed by atoms with Crippen LogP contribution in [-0.2, 0) is 4.79 Å². The maximum Gasteiger partial charge on any atom is 0.335 e. The van der Waals surface area contributed by atoms with Gasteiger partial charge < -0.3 is 16.2 Å². The Hall–Kier alpha value is -1.24. The number of halogens is 1. The lowest BCUT2D eigenvalue weighted by Crippen LogP contribution is -2.36. The van der Waals surface area contributed by atoms with Crippen molar-refractivity contribution in [3.63, 3.8) is 0 Å². The van der Waals surface area contributed by atoms with Gasteiger partial charge in [-0.05, 0) is 36.6 Å². The highest BCUT2D eigenvalue weighted by molar-refractivity contribution is 7.98. The number of benzene rings is 1. The van der Waals surface area contributed by atoms with E-state index in [4.69, 9.17) is 22.4 Å². The summed E-state index contributed by atoms with van der Waals surface area (Å²) in [4.78, 5) is 22.5. The highest BCUT2D eigenvalue weighted by atomic mass is 35.5. The lowest BCUT2D eigenvalue weighted by atomic mass is 10.2. The van der Waals surface area contributed by atoms with Gasteiger partial charge in [0, 0.05) is 0 Å². The first kappa shape index (κ1) is 15.8. The predicted molar refractivity (Wildman–Crippen MR) is 78.0 cm³/mol. The van der Waals surface area contributed by atoms with Crippen molar-refractivity contribution in [2.75, 3.05) is 17.3 Å². The minimum Gasteiger partial charge on any atom is -0.478 e. The predicted octanol–water partition coefficient (Wildman–Crippen LogP) is 2.06. The van der Waals surface area contributed by atoms with Gasteiger partial charge in [-0.2, -0.15) is 11.8 Å². The molecule has 0 heterocycles. The summed E-state index contributed by atoms with van der Waals surface area (Å²) < 4.78 is 0. The molecule has 0 fully saturated rings. The van der Waals surface area contributed by atoms with Crippen LogP contribution in [0.4, 0.5) is 5.69 Å². The first-order valence-corrected chi connectivity index (χ1v) is 7.31. The SMILES string of the molecule is CSCC[C@H](N)C(=O)Nc1ccc(C(=O)O)cc1Cl. The molecule has 7 heteroatoms. The summed E-state index contributed by atoms with van der Waals surface area (Å²) in [6.07, 6.45) is 2.50. The van der Waals surface area contributed by atoms with Crippen LogP contribution >= 0.6 is 23.4 Å². The van der Waals surface area contributed by atoms with Crippen LogP contribution in [0.1, 0.15) is 16.8 Å². The van der Waals surface area contributed by atoms with Crippen LogP contribution in [0.25, 0.3) is 0 Å². The Balaban J connectivity index is 2.72. The highest BCUT2D eigenvalue weighted by Gasteiger charge is 2.15. The number of nitrogens with one attached hydrogen (secondary N) is 1. The van der Waals surface area contributed by atoms with Gasteiger partial charge in [-0.3, -0.25) is 4.79 Å². The smallest absolute Gasteiger partial charge is 0.335 e. The Kier molecular flexibility index (Phi) is 6.14. The zero-order chi connectivity index (χ0) is 14.4. The number of nitrogens with two attached hydrogens (primary N) is 1. The molecule has 0 bridgehead atoms. The number of carboxylic acid groups (broad SMARTS) is 1. The summed E-state index contributed by atoms with van der Waals surface area (Å²) in [5.74, 6) is -0.615. The Morgan fingerprint density at radius 2 is 2.21 bits per heavy atom. The molecule has 0 aliphatic carbocycles. The molecule has 0 radical (unpaired) electrons. The van der Waals surface area contributed by atoms with Gasteiger partial charge in [-0.1, -0.05) is 11.6 Å². The molecule has 1 atom stereocenters. The molecule has 0 unspecified atom stereocenters. The molecule has 4 N–H and O–H groups in total. The molecular formula is C12H15ClN2O3S. The minimum absolute atomic E-state index is 0.0645. The number of hydrogen-bond acceptors (Lipinski definition) is 4. The van der Waals surface area contributed by atoms with Gasteiger partial charge in [0.15, 0.2) is 0 Å². The summed E-state index contributed by atoms with van der Waals surface area (Å²) in [7, 11) is 0. The number of amides is 1. The van der Waals surface area contributed by atoms with Gasteiger partial charge in [0.2, 0.25) is 5.91 Å². The van der Waals surface area contributed by atoms with Gasteiger partial charge >= 0.3 is 5.97 Å². The van der Waals surface area contributed by atoms with Gasteiger partial charge in [-0.25, -0.2) is 4.79 Å². The van der Waals surface area contributed by atoms with E-state index < -0.39 is 12.0 Å². The Morgan fingerprint density at radius 3 is 2.74 bits per heavy atom. The van der Waals surface area contributed by atoms with Crippen LogP contribution < -0.4 is 11.1 Å². The van der Waals surface area contributed by atoms with E-state index in [-0.39, 0.29) is 16.5 Å². The van der Waals surface area contributed by atoms with Crippen LogP contribution in [-0.4, -0.2) is 35.0 Å². The molecule has 1 aromatic carbocycles. The van der Waals surface area contributed by atoms with Crippen molar-refractivity contribution >= 4 is 40.9 Å². The topological polar surface area (TPSA) is 92.4 Å². The van der Waals surface area contributed by atoms with Crippen molar-refractivity contribution in [2.24, 2.45) is 5.73 Å². The largest absolute Gasteiger partial charge is 0.478 e. The minimum atomic E-state index is -1.07. The first-order valence-electron chi connectivity index (χ1n) is 5.54. The number of thioether (sulfide) groups is 1. The lowest BCUT2D eigenvalue weighted by Gasteiger charge is -2.12. The van der Waals surface area contributed by atoms with Crippen LogP contribution in [0.5, 0.6) is 0 Å². The second kappa shape index (κ2) is 7.37. The van der Waals surface area contributed by atoms with Crippen LogP contribution in [0.2, 0.25) is 5.02 Å². The Labute approximate surface area is 120 Å². The fourth-order valence-corrected chi connectivity index (χ4v) is 2.07. The molecule has 1 aromatic rings. The van der Waals surface area contributed by atoms with Gasteiger partial charge in [0.05, 0.1) is 22.3 Å². The molecule has 0 spiro atoms. The van der Waals surface area contributed by atoms with E-state index in [1.54, 1.807) is 11.8 Å². The third kappa shape index (κ3) is 4.74. The summed E-state index contributed by atoms with van der Waals surface area (Å²) in [5.41, 5.74) is 6.14.